The van der Waals surface area contributed by atoms with E-state index < -0.39 is 0 Å². The third-order valence-electron chi connectivity index (χ3n) is 3.12. The largest absolute Gasteiger partial charge is 0.506 e. The van der Waals surface area contributed by atoms with Crippen LogP contribution in [0.4, 0.5) is 5.69 Å². The van der Waals surface area contributed by atoms with Crippen LogP contribution in [-0.4, -0.2) is 17.1 Å². The maximum Gasteiger partial charge on any atom is 0.229 e. The van der Waals surface area contributed by atoms with Crippen LogP contribution in [0.25, 0.3) is 0 Å². The van der Waals surface area contributed by atoms with Gasteiger partial charge in [0.05, 0.1) is 11.6 Å². The summed E-state index contributed by atoms with van der Waals surface area (Å²) >= 11 is 3.29. The van der Waals surface area contributed by atoms with Crippen molar-refractivity contribution in [3.05, 3.63) is 22.7 Å². The van der Waals surface area contributed by atoms with Crippen LogP contribution < -0.4 is 11.1 Å². The van der Waals surface area contributed by atoms with Gasteiger partial charge in [0.2, 0.25) is 5.91 Å². The number of phenolic OH excluding ortho intramolecular Hbond substituents is 1. The lowest BCUT2D eigenvalue weighted by molar-refractivity contribution is -0.120. The number of nitrogens with two attached hydrogens (primary N) is 1. The van der Waals surface area contributed by atoms with Gasteiger partial charge < -0.3 is 16.2 Å². The highest BCUT2D eigenvalue weighted by atomic mass is 79.9. The molecule has 2 atom stereocenters. The Bertz CT molecular complexity index is 437. The highest BCUT2D eigenvalue weighted by Gasteiger charge is 2.30. The summed E-state index contributed by atoms with van der Waals surface area (Å²) < 4.78 is 0.807. The number of carbonyl (C=O) groups excluding carboxylic acids is 1. The molecule has 0 saturated heterocycles. The van der Waals surface area contributed by atoms with Gasteiger partial charge in [-0.1, -0.05) is 22.4 Å². The monoisotopic (exact) mass is 298 g/mol. The zero-order valence-corrected chi connectivity index (χ0v) is 10.9. The summed E-state index contributed by atoms with van der Waals surface area (Å²) in [6.45, 7) is 0. The molecule has 2 unspecified atom stereocenters. The predicted molar refractivity (Wildman–Crippen MR) is 69.8 cm³/mol. The van der Waals surface area contributed by atoms with E-state index in [1.165, 1.54) is 6.07 Å². The number of amides is 1. The Morgan fingerprint density at radius 2 is 2.24 bits per heavy atom. The predicted octanol–water partition coefficient (Wildman–Crippen LogP) is 2.22. The van der Waals surface area contributed by atoms with E-state index in [9.17, 15) is 9.90 Å². The Kier molecular flexibility index (Phi) is 3.69. The molecule has 0 bridgehead atoms. The fourth-order valence-corrected chi connectivity index (χ4v) is 2.51. The lowest BCUT2D eigenvalue weighted by atomic mass is 10.0. The van der Waals surface area contributed by atoms with Crippen molar-refractivity contribution in [2.45, 2.75) is 25.3 Å². The third-order valence-corrected chi connectivity index (χ3v) is 3.62. The molecule has 0 spiro atoms. The van der Waals surface area contributed by atoms with Crippen LogP contribution in [0, 0.1) is 5.92 Å². The van der Waals surface area contributed by atoms with E-state index in [4.69, 9.17) is 5.73 Å². The summed E-state index contributed by atoms with van der Waals surface area (Å²) in [5, 5.41) is 12.4. The minimum atomic E-state index is -0.145. The van der Waals surface area contributed by atoms with Crippen molar-refractivity contribution in [2.24, 2.45) is 11.7 Å². The molecule has 1 amide bonds. The first kappa shape index (κ1) is 12.4. The van der Waals surface area contributed by atoms with Crippen LogP contribution >= 0.6 is 15.9 Å². The molecule has 0 aromatic heterocycles. The molecule has 0 aliphatic heterocycles. The zero-order chi connectivity index (χ0) is 12.4. The molecule has 2 rings (SSSR count). The van der Waals surface area contributed by atoms with Gasteiger partial charge >= 0.3 is 0 Å². The van der Waals surface area contributed by atoms with Gasteiger partial charge in [-0.15, -0.1) is 0 Å². The van der Waals surface area contributed by atoms with Gasteiger partial charge in [0.15, 0.2) is 0 Å². The molecule has 5 heteroatoms. The lowest BCUT2D eigenvalue weighted by Crippen LogP contribution is -2.34. The maximum atomic E-state index is 12.0. The van der Waals surface area contributed by atoms with Crippen molar-refractivity contribution in [3.8, 4) is 5.75 Å². The van der Waals surface area contributed by atoms with Gasteiger partial charge in [0.1, 0.15) is 5.75 Å². The first-order valence-corrected chi connectivity index (χ1v) is 6.42. The highest BCUT2D eigenvalue weighted by Crippen LogP contribution is 2.30. The summed E-state index contributed by atoms with van der Waals surface area (Å²) in [6, 6.07) is 4.86. The topological polar surface area (TPSA) is 75.4 Å². The Morgan fingerprint density at radius 1 is 1.47 bits per heavy atom. The van der Waals surface area contributed by atoms with Crippen molar-refractivity contribution in [1.82, 2.24) is 0 Å². The fraction of sp³-hybridized carbons (Fsp3) is 0.417. The van der Waals surface area contributed by atoms with Crippen molar-refractivity contribution < 1.29 is 9.90 Å². The number of hydrogen-bond donors (Lipinski definition) is 3. The number of benzene rings is 1. The first-order valence-electron chi connectivity index (χ1n) is 5.63. The number of nitrogens with one attached hydrogen (secondary N) is 1. The van der Waals surface area contributed by atoms with E-state index in [2.05, 4.69) is 21.2 Å². The van der Waals surface area contributed by atoms with Gasteiger partial charge in [0, 0.05) is 10.5 Å². The Balaban J connectivity index is 2.10. The number of rotatable bonds is 2. The van der Waals surface area contributed by atoms with Crippen molar-refractivity contribution >= 4 is 27.5 Å². The Morgan fingerprint density at radius 3 is 2.88 bits per heavy atom. The summed E-state index contributed by atoms with van der Waals surface area (Å²) in [6.07, 6.45) is 2.70. The number of phenols is 1. The minimum Gasteiger partial charge on any atom is -0.506 e. The second-order valence-electron chi connectivity index (χ2n) is 4.35. The highest BCUT2D eigenvalue weighted by molar-refractivity contribution is 9.10. The van der Waals surface area contributed by atoms with Crippen LogP contribution in [0.15, 0.2) is 22.7 Å². The quantitative estimate of drug-likeness (QED) is 0.733. The molecule has 1 aliphatic carbocycles. The molecule has 0 radical (unpaired) electrons. The molecule has 1 aromatic rings. The minimum absolute atomic E-state index is 0.0631. The summed E-state index contributed by atoms with van der Waals surface area (Å²) in [7, 11) is 0. The average Bonchev–Trinajstić information content (AvgIpc) is 2.70. The molecule has 0 heterocycles. The molecular weight excluding hydrogens is 284 g/mol. The van der Waals surface area contributed by atoms with E-state index in [0.717, 1.165) is 23.7 Å². The number of hydrogen-bond acceptors (Lipinski definition) is 3. The van der Waals surface area contributed by atoms with Crippen LogP contribution in [0.1, 0.15) is 19.3 Å². The molecular formula is C12H15BrN2O2. The molecule has 1 saturated carbocycles. The van der Waals surface area contributed by atoms with Crippen molar-refractivity contribution in [1.29, 1.82) is 0 Å². The standard InChI is InChI=1S/C12H15BrN2O2/c13-7-4-5-11(16)10(6-7)15-12(17)8-2-1-3-9(8)14/h4-6,8-9,16H,1-3,14H2,(H,15,17). The second-order valence-corrected chi connectivity index (χ2v) is 5.27. The molecule has 1 aromatic carbocycles. The number of anilines is 1. The van der Waals surface area contributed by atoms with Crippen molar-refractivity contribution in [3.63, 3.8) is 0 Å². The summed E-state index contributed by atoms with van der Waals surface area (Å²) in [5.41, 5.74) is 6.29. The molecule has 17 heavy (non-hydrogen) atoms. The van der Waals surface area contributed by atoms with E-state index in [1.54, 1.807) is 12.1 Å². The van der Waals surface area contributed by atoms with Crippen LogP contribution in [0.2, 0.25) is 0 Å². The Hall–Kier alpha value is -1.07. The van der Waals surface area contributed by atoms with E-state index >= 15 is 0 Å². The van der Waals surface area contributed by atoms with Gasteiger partial charge in [-0.3, -0.25) is 4.79 Å². The zero-order valence-electron chi connectivity index (χ0n) is 9.32. The molecule has 1 fully saturated rings. The Labute approximate surface area is 108 Å². The van der Waals surface area contributed by atoms with E-state index in [-0.39, 0.29) is 23.6 Å². The van der Waals surface area contributed by atoms with Gasteiger partial charge in [-0.05, 0) is 31.0 Å². The molecule has 1 aliphatic rings. The smallest absolute Gasteiger partial charge is 0.229 e. The van der Waals surface area contributed by atoms with Gasteiger partial charge in [-0.25, -0.2) is 0 Å². The van der Waals surface area contributed by atoms with E-state index in [1.807, 2.05) is 0 Å². The molecule has 4 nitrogen and oxygen atoms in total. The number of aromatic hydroxyl groups is 1. The number of carbonyl (C=O) groups is 1. The van der Waals surface area contributed by atoms with Gasteiger partial charge in [0.25, 0.3) is 0 Å². The average molecular weight is 299 g/mol. The third kappa shape index (κ3) is 2.79. The van der Waals surface area contributed by atoms with E-state index in [0.29, 0.717) is 5.69 Å². The summed E-state index contributed by atoms with van der Waals surface area (Å²) in [4.78, 5) is 12.0. The van der Waals surface area contributed by atoms with Crippen molar-refractivity contribution in [2.75, 3.05) is 5.32 Å². The van der Waals surface area contributed by atoms with Crippen LogP contribution in [-0.2, 0) is 4.79 Å². The second kappa shape index (κ2) is 5.06. The van der Waals surface area contributed by atoms with Crippen LogP contribution in [0.5, 0.6) is 5.75 Å². The molecule has 92 valence electrons. The summed E-state index contributed by atoms with van der Waals surface area (Å²) in [5.74, 6) is -0.190. The van der Waals surface area contributed by atoms with Crippen LogP contribution in [0.3, 0.4) is 0 Å². The number of halogens is 1. The molecule has 4 N–H and O–H groups in total. The fourth-order valence-electron chi connectivity index (χ4n) is 2.15. The SMILES string of the molecule is NC1CCCC1C(=O)Nc1cc(Br)ccc1O. The normalized spacial score (nSPS) is 23.6. The first-order chi connectivity index (χ1) is 8.08. The lowest BCUT2D eigenvalue weighted by Gasteiger charge is -2.15. The van der Waals surface area contributed by atoms with Gasteiger partial charge in [-0.2, -0.15) is 0 Å². The maximum absolute atomic E-state index is 12.0.